The van der Waals surface area contributed by atoms with Crippen LogP contribution in [0.5, 0.6) is 0 Å². The predicted octanol–water partition coefficient (Wildman–Crippen LogP) is 2.31. The summed E-state index contributed by atoms with van der Waals surface area (Å²) in [4.78, 5) is 29.7. The van der Waals surface area contributed by atoms with Crippen molar-refractivity contribution in [1.82, 2.24) is 18.7 Å². The molecule has 0 N–H and O–H groups in total. The number of rotatable bonds is 4. The van der Waals surface area contributed by atoms with E-state index in [0.29, 0.717) is 50.6 Å². The number of sulfonamides is 1. The lowest BCUT2D eigenvalue weighted by molar-refractivity contribution is -0.137. The molecule has 4 rings (SSSR count). The van der Waals surface area contributed by atoms with Crippen LogP contribution in [0.25, 0.3) is 0 Å². The monoisotopic (exact) mass is 464 g/mol. The largest absolute Gasteiger partial charge is 0.345 e. The standard InChI is InChI=1S/C23H36N4O4S/c1-18-6-12-26(13-7-18)23(29)21-16-20(17-24(21)2)32(30,31)27-14-8-19(9-15-27)22(28)25-10-4-3-5-11-25/h16-19H,3-15H2,1-2H3. The minimum Gasteiger partial charge on any atom is -0.345 e. The average molecular weight is 465 g/mol. The second-order valence-corrected chi connectivity index (χ2v) is 11.6. The molecule has 9 heteroatoms. The Bertz CT molecular complexity index is 935. The Labute approximate surface area is 191 Å². The van der Waals surface area contributed by atoms with E-state index in [1.807, 2.05) is 9.80 Å². The van der Waals surface area contributed by atoms with E-state index in [1.54, 1.807) is 17.8 Å². The normalized spacial score (nSPS) is 22.3. The number of aromatic nitrogens is 1. The number of hydrogen-bond acceptors (Lipinski definition) is 4. The van der Waals surface area contributed by atoms with Crippen LogP contribution in [0, 0.1) is 11.8 Å². The summed E-state index contributed by atoms with van der Waals surface area (Å²) in [6.45, 7) is 5.96. The highest BCUT2D eigenvalue weighted by molar-refractivity contribution is 7.89. The van der Waals surface area contributed by atoms with E-state index < -0.39 is 10.0 Å². The van der Waals surface area contributed by atoms with Crippen LogP contribution in [0.2, 0.25) is 0 Å². The van der Waals surface area contributed by atoms with Gasteiger partial charge < -0.3 is 14.4 Å². The first-order chi connectivity index (χ1) is 15.3. The van der Waals surface area contributed by atoms with Crippen molar-refractivity contribution in [3.8, 4) is 0 Å². The highest BCUT2D eigenvalue weighted by atomic mass is 32.2. The van der Waals surface area contributed by atoms with Gasteiger partial charge >= 0.3 is 0 Å². The predicted molar refractivity (Wildman–Crippen MR) is 122 cm³/mol. The molecule has 32 heavy (non-hydrogen) atoms. The van der Waals surface area contributed by atoms with Gasteiger partial charge in [0, 0.05) is 58.4 Å². The molecular formula is C23H36N4O4S. The van der Waals surface area contributed by atoms with Crippen LogP contribution in [0.1, 0.15) is 62.4 Å². The SMILES string of the molecule is CC1CCN(C(=O)c2cc(S(=O)(=O)N3CCC(C(=O)N4CCCCC4)CC3)cn2C)CC1. The van der Waals surface area contributed by atoms with Crippen molar-refractivity contribution >= 4 is 21.8 Å². The molecule has 3 aliphatic heterocycles. The number of hydrogen-bond donors (Lipinski definition) is 0. The van der Waals surface area contributed by atoms with Gasteiger partial charge in [-0.1, -0.05) is 6.92 Å². The molecule has 0 aromatic carbocycles. The van der Waals surface area contributed by atoms with Crippen molar-refractivity contribution in [3.05, 3.63) is 18.0 Å². The van der Waals surface area contributed by atoms with Gasteiger partial charge in [0.1, 0.15) is 10.6 Å². The average Bonchev–Trinajstić information content (AvgIpc) is 3.21. The molecule has 3 fully saturated rings. The van der Waals surface area contributed by atoms with Gasteiger partial charge in [0.15, 0.2) is 0 Å². The van der Waals surface area contributed by atoms with Crippen LogP contribution in [0.4, 0.5) is 0 Å². The maximum Gasteiger partial charge on any atom is 0.270 e. The van der Waals surface area contributed by atoms with Gasteiger partial charge in [-0.2, -0.15) is 4.31 Å². The van der Waals surface area contributed by atoms with Gasteiger partial charge in [-0.25, -0.2) is 8.42 Å². The quantitative estimate of drug-likeness (QED) is 0.685. The van der Waals surface area contributed by atoms with E-state index in [1.165, 1.54) is 16.8 Å². The van der Waals surface area contributed by atoms with Crippen LogP contribution in [0.15, 0.2) is 17.2 Å². The molecule has 0 spiro atoms. The van der Waals surface area contributed by atoms with Crippen molar-refractivity contribution in [1.29, 1.82) is 0 Å². The molecule has 0 saturated carbocycles. The van der Waals surface area contributed by atoms with Gasteiger partial charge in [-0.15, -0.1) is 0 Å². The number of nitrogens with zero attached hydrogens (tertiary/aromatic N) is 4. The third kappa shape index (κ3) is 4.73. The Hall–Kier alpha value is -1.87. The third-order valence-corrected chi connectivity index (χ3v) is 9.24. The first kappa shape index (κ1) is 23.3. The maximum atomic E-state index is 13.3. The van der Waals surface area contributed by atoms with Crippen LogP contribution in [-0.2, 0) is 21.9 Å². The van der Waals surface area contributed by atoms with Crippen LogP contribution in [-0.4, -0.2) is 78.2 Å². The zero-order valence-electron chi connectivity index (χ0n) is 19.3. The van der Waals surface area contributed by atoms with Crippen molar-refractivity contribution in [2.45, 2.75) is 56.8 Å². The molecule has 0 radical (unpaired) electrons. The Morgan fingerprint density at radius 2 is 1.50 bits per heavy atom. The summed E-state index contributed by atoms with van der Waals surface area (Å²) in [5, 5.41) is 0. The van der Waals surface area contributed by atoms with Gasteiger partial charge in [-0.3, -0.25) is 9.59 Å². The van der Waals surface area contributed by atoms with Gasteiger partial charge in [0.25, 0.3) is 5.91 Å². The summed E-state index contributed by atoms with van der Waals surface area (Å²) in [5.41, 5.74) is 0.410. The molecule has 3 saturated heterocycles. The lowest BCUT2D eigenvalue weighted by atomic mass is 9.95. The zero-order chi connectivity index (χ0) is 22.9. The number of carbonyl (C=O) groups is 2. The molecule has 2 amide bonds. The van der Waals surface area contributed by atoms with E-state index in [4.69, 9.17) is 0 Å². The second kappa shape index (κ2) is 9.55. The number of likely N-dealkylation sites (tertiary alicyclic amines) is 2. The highest BCUT2D eigenvalue weighted by Crippen LogP contribution is 2.27. The van der Waals surface area contributed by atoms with Crippen LogP contribution < -0.4 is 0 Å². The highest BCUT2D eigenvalue weighted by Gasteiger charge is 2.35. The van der Waals surface area contributed by atoms with Crippen molar-refractivity contribution in [3.63, 3.8) is 0 Å². The molecule has 1 aromatic rings. The molecule has 4 heterocycles. The number of aryl methyl sites for hydroxylation is 1. The summed E-state index contributed by atoms with van der Waals surface area (Å²) in [5.74, 6) is 0.610. The molecule has 0 unspecified atom stereocenters. The summed E-state index contributed by atoms with van der Waals surface area (Å²) in [6, 6.07) is 1.51. The third-order valence-electron chi connectivity index (χ3n) is 7.38. The lowest BCUT2D eigenvalue weighted by Gasteiger charge is -2.35. The molecule has 0 aliphatic carbocycles. The maximum absolute atomic E-state index is 13.3. The zero-order valence-corrected chi connectivity index (χ0v) is 20.1. The number of amides is 2. The lowest BCUT2D eigenvalue weighted by Crippen LogP contribution is -2.45. The van der Waals surface area contributed by atoms with Gasteiger partial charge in [-0.05, 0) is 56.9 Å². The Morgan fingerprint density at radius 3 is 2.12 bits per heavy atom. The smallest absolute Gasteiger partial charge is 0.270 e. The first-order valence-electron chi connectivity index (χ1n) is 12.0. The van der Waals surface area contributed by atoms with Crippen LogP contribution in [0.3, 0.4) is 0 Å². The number of carbonyl (C=O) groups excluding carboxylic acids is 2. The minimum atomic E-state index is -3.69. The minimum absolute atomic E-state index is 0.0889. The molecule has 0 bridgehead atoms. The Balaban J connectivity index is 1.40. The molecule has 0 atom stereocenters. The Morgan fingerprint density at radius 1 is 0.875 bits per heavy atom. The van der Waals surface area contributed by atoms with E-state index in [0.717, 1.165) is 38.8 Å². The van der Waals surface area contributed by atoms with E-state index in [9.17, 15) is 18.0 Å². The summed E-state index contributed by atoms with van der Waals surface area (Å²) < 4.78 is 29.6. The summed E-state index contributed by atoms with van der Waals surface area (Å²) in [7, 11) is -1.97. The topological polar surface area (TPSA) is 82.9 Å². The molecular weight excluding hydrogens is 428 g/mol. The van der Waals surface area contributed by atoms with Gasteiger partial charge in [0.05, 0.1) is 0 Å². The molecule has 1 aromatic heterocycles. The molecule has 8 nitrogen and oxygen atoms in total. The molecule has 3 aliphatic rings. The van der Waals surface area contributed by atoms with Crippen molar-refractivity contribution < 1.29 is 18.0 Å². The van der Waals surface area contributed by atoms with E-state index >= 15 is 0 Å². The fraction of sp³-hybridized carbons (Fsp3) is 0.739. The van der Waals surface area contributed by atoms with Gasteiger partial charge in [0.2, 0.25) is 15.9 Å². The Kier molecular flexibility index (Phi) is 6.95. The summed E-state index contributed by atoms with van der Waals surface area (Å²) in [6.07, 6.45) is 7.91. The van der Waals surface area contributed by atoms with Crippen molar-refractivity contribution in [2.24, 2.45) is 18.9 Å². The van der Waals surface area contributed by atoms with E-state index in [-0.39, 0.29) is 22.6 Å². The van der Waals surface area contributed by atoms with E-state index in [2.05, 4.69) is 6.92 Å². The van der Waals surface area contributed by atoms with Crippen molar-refractivity contribution in [2.75, 3.05) is 39.3 Å². The summed E-state index contributed by atoms with van der Waals surface area (Å²) >= 11 is 0. The fourth-order valence-corrected chi connectivity index (χ4v) is 6.67. The number of piperidine rings is 3. The second-order valence-electron chi connectivity index (χ2n) is 9.71. The first-order valence-corrected chi connectivity index (χ1v) is 13.5. The molecule has 178 valence electrons. The fourth-order valence-electron chi connectivity index (χ4n) is 5.13. The van der Waals surface area contributed by atoms with Crippen LogP contribution >= 0.6 is 0 Å².